The minimum Gasteiger partial charge on any atom is -0.324 e. The second-order valence-electron chi connectivity index (χ2n) is 8.16. The number of hydrogen-bond donors (Lipinski definition) is 1. The highest BCUT2D eigenvalue weighted by Crippen LogP contribution is 2.27. The number of carbonyl (C=O) groups excluding carboxylic acids is 3. The average molecular weight is 457 g/mol. The molecular formula is C26H23N3O5. The van der Waals surface area contributed by atoms with Crippen molar-refractivity contribution in [1.82, 2.24) is 4.90 Å². The van der Waals surface area contributed by atoms with Crippen molar-refractivity contribution in [2.75, 3.05) is 5.32 Å². The van der Waals surface area contributed by atoms with E-state index in [-0.39, 0.29) is 23.2 Å². The number of nitrogens with zero attached hydrogens (tertiary/aromatic N) is 2. The summed E-state index contributed by atoms with van der Waals surface area (Å²) in [5.74, 6) is -1.59. The first-order valence-electron chi connectivity index (χ1n) is 10.9. The average Bonchev–Trinajstić information content (AvgIpc) is 3.09. The molecule has 0 saturated carbocycles. The topological polar surface area (TPSA) is 110 Å². The van der Waals surface area contributed by atoms with Gasteiger partial charge in [-0.15, -0.1) is 0 Å². The predicted octanol–water partition coefficient (Wildman–Crippen LogP) is 4.31. The zero-order chi connectivity index (χ0) is 24.4. The van der Waals surface area contributed by atoms with E-state index in [9.17, 15) is 24.5 Å². The van der Waals surface area contributed by atoms with Gasteiger partial charge in [0.05, 0.1) is 16.1 Å². The van der Waals surface area contributed by atoms with Crippen LogP contribution in [0.4, 0.5) is 11.4 Å². The number of carbonyl (C=O) groups is 3. The quantitative estimate of drug-likeness (QED) is 0.323. The maximum Gasteiger partial charge on any atom is 0.269 e. The molecule has 1 aliphatic rings. The van der Waals surface area contributed by atoms with E-state index in [1.165, 1.54) is 24.3 Å². The molecule has 0 spiro atoms. The van der Waals surface area contributed by atoms with E-state index < -0.39 is 28.7 Å². The Morgan fingerprint density at radius 3 is 2.12 bits per heavy atom. The number of rotatable bonds is 7. The highest BCUT2D eigenvalue weighted by atomic mass is 16.6. The summed E-state index contributed by atoms with van der Waals surface area (Å²) in [6, 6.07) is 16.8. The number of imide groups is 1. The largest absolute Gasteiger partial charge is 0.324 e. The summed E-state index contributed by atoms with van der Waals surface area (Å²) in [6.45, 7) is 3.87. The standard InChI is InChI=1S/C26H23N3O5/c1-3-17-9-8-16(2)22(14-17)27-24(30)23(15-18-10-12-19(13-11-18)29(33)34)28-25(31)20-6-4-5-7-21(20)26(28)32/h4-14,23H,3,15H2,1-2H3,(H,27,30)/t23-/m0/s1. The number of non-ortho nitro benzene ring substituents is 1. The van der Waals surface area contributed by atoms with E-state index in [4.69, 9.17) is 0 Å². The highest BCUT2D eigenvalue weighted by molar-refractivity contribution is 6.23. The van der Waals surface area contributed by atoms with Crippen molar-refractivity contribution >= 4 is 29.1 Å². The second-order valence-corrected chi connectivity index (χ2v) is 8.16. The van der Waals surface area contributed by atoms with Gasteiger partial charge in [0.15, 0.2) is 0 Å². The van der Waals surface area contributed by atoms with Gasteiger partial charge in [0.25, 0.3) is 17.5 Å². The van der Waals surface area contributed by atoms with Gasteiger partial charge in [-0.05, 0) is 48.2 Å². The van der Waals surface area contributed by atoms with Crippen molar-refractivity contribution in [3.8, 4) is 0 Å². The normalized spacial score (nSPS) is 13.5. The van der Waals surface area contributed by atoms with Crippen LogP contribution < -0.4 is 5.32 Å². The minimum absolute atomic E-state index is 0.0157. The van der Waals surface area contributed by atoms with E-state index in [2.05, 4.69) is 5.32 Å². The summed E-state index contributed by atoms with van der Waals surface area (Å²) < 4.78 is 0. The third-order valence-corrected chi connectivity index (χ3v) is 5.98. The van der Waals surface area contributed by atoms with Gasteiger partial charge in [0.1, 0.15) is 6.04 Å². The number of hydrogen-bond acceptors (Lipinski definition) is 5. The number of nitrogens with one attached hydrogen (secondary N) is 1. The number of amides is 3. The van der Waals surface area contributed by atoms with Gasteiger partial charge in [0, 0.05) is 24.2 Å². The Morgan fingerprint density at radius 1 is 0.971 bits per heavy atom. The van der Waals surface area contributed by atoms with Crippen LogP contribution in [-0.4, -0.2) is 33.6 Å². The number of aryl methyl sites for hydroxylation is 2. The smallest absolute Gasteiger partial charge is 0.269 e. The summed E-state index contributed by atoms with van der Waals surface area (Å²) in [6.07, 6.45) is 0.801. The van der Waals surface area contributed by atoms with Crippen LogP contribution in [0.1, 0.15) is 44.3 Å². The molecule has 3 aromatic rings. The van der Waals surface area contributed by atoms with Gasteiger partial charge in [-0.25, -0.2) is 0 Å². The van der Waals surface area contributed by atoms with E-state index in [0.717, 1.165) is 22.4 Å². The highest BCUT2D eigenvalue weighted by Gasteiger charge is 2.42. The van der Waals surface area contributed by atoms with Crippen molar-refractivity contribution in [2.24, 2.45) is 0 Å². The molecule has 4 rings (SSSR count). The molecule has 1 heterocycles. The van der Waals surface area contributed by atoms with E-state index >= 15 is 0 Å². The maximum absolute atomic E-state index is 13.5. The molecule has 172 valence electrons. The molecule has 0 unspecified atom stereocenters. The molecule has 0 aromatic heterocycles. The number of fused-ring (bicyclic) bond motifs is 1. The maximum atomic E-state index is 13.5. The lowest BCUT2D eigenvalue weighted by atomic mass is 10.0. The van der Waals surface area contributed by atoms with Gasteiger partial charge in [0.2, 0.25) is 5.91 Å². The number of benzene rings is 3. The fraction of sp³-hybridized carbons (Fsp3) is 0.192. The predicted molar refractivity (Wildman–Crippen MR) is 127 cm³/mol. The molecule has 34 heavy (non-hydrogen) atoms. The molecular weight excluding hydrogens is 434 g/mol. The molecule has 1 N–H and O–H groups in total. The Balaban J connectivity index is 1.69. The molecule has 3 aromatic carbocycles. The van der Waals surface area contributed by atoms with Crippen LogP contribution in [0.15, 0.2) is 66.7 Å². The third-order valence-electron chi connectivity index (χ3n) is 5.98. The molecule has 8 nitrogen and oxygen atoms in total. The van der Waals surface area contributed by atoms with Crippen LogP contribution in [0.2, 0.25) is 0 Å². The third kappa shape index (κ3) is 4.30. The molecule has 0 fully saturated rings. The van der Waals surface area contributed by atoms with Crippen LogP contribution in [0.25, 0.3) is 0 Å². The van der Waals surface area contributed by atoms with Crippen molar-refractivity contribution in [1.29, 1.82) is 0 Å². The first-order valence-corrected chi connectivity index (χ1v) is 10.9. The summed E-state index contributed by atoms with van der Waals surface area (Å²) in [5.41, 5.74) is 3.49. The van der Waals surface area contributed by atoms with Crippen LogP contribution in [0.5, 0.6) is 0 Å². The Labute approximate surface area is 196 Å². The van der Waals surface area contributed by atoms with Crippen LogP contribution in [-0.2, 0) is 17.6 Å². The fourth-order valence-corrected chi connectivity index (χ4v) is 4.01. The molecule has 0 radical (unpaired) electrons. The van der Waals surface area contributed by atoms with Crippen molar-refractivity contribution in [2.45, 2.75) is 32.7 Å². The zero-order valence-corrected chi connectivity index (χ0v) is 18.8. The summed E-state index contributed by atoms with van der Waals surface area (Å²) in [7, 11) is 0. The molecule has 8 heteroatoms. The van der Waals surface area contributed by atoms with Crippen LogP contribution in [0.3, 0.4) is 0 Å². The monoisotopic (exact) mass is 457 g/mol. The number of nitro groups is 1. The molecule has 1 atom stereocenters. The van der Waals surface area contributed by atoms with Gasteiger partial charge >= 0.3 is 0 Å². The molecule has 0 bridgehead atoms. The lowest BCUT2D eigenvalue weighted by Crippen LogP contribution is -2.48. The number of anilines is 1. The zero-order valence-electron chi connectivity index (χ0n) is 18.8. The Morgan fingerprint density at radius 2 is 1.56 bits per heavy atom. The number of nitro benzene ring substituents is 1. The Bertz CT molecular complexity index is 1270. The lowest BCUT2D eigenvalue weighted by Gasteiger charge is -2.26. The molecule has 0 saturated heterocycles. The van der Waals surface area contributed by atoms with Gasteiger partial charge in [-0.1, -0.05) is 43.3 Å². The van der Waals surface area contributed by atoms with Gasteiger partial charge in [-0.3, -0.25) is 29.4 Å². The van der Waals surface area contributed by atoms with Crippen molar-refractivity contribution in [3.63, 3.8) is 0 Å². The van der Waals surface area contributed by atoms with Crippen LogP contribution >= 0.6 is 0 Å². The lowest BCUT2D eigenvalue weighted by molar-refractivity contribution is -0.384. The molecule has 1 aliphatic heterocycles. The Kier molecular flexibility index (Phi) is 6.23. The van der Waals surface area contributed by atoms with E-state index in [1.807, 2.05) is 32.0 Å². The van der Waals surface area contributed by atoms with Gasteiger partial charge in [-0.2, -0.15) is 0 Å². The van der Waals surface area contributed by atoms with Crippen molar-refractivity contribution in [3.05, 3.63) is 105 Å². The molecule has 3 amide bonds. The second kappa shape index (κ2) is 9.27. The molecule has 0 aliphatic carbocycles. The summed E-state index contributed by atoms with van der Waals surface area (Å²) in [4.78, 5) is 51.3. The minimum atomic E-state index is -1.14. The van der Waals surface area contributed by atoms with Crippen LogP contribution in [0, 0.1) is 17.0 Å². The summed E-state index contributed by atoms with van der Waals surface area (Å²) >= 11 is 0. The first-order chi connectivity index (χ1) is 16.3. The van der Waals surface area contributed by atoms with E-state index in [1.54, 1.807) is 24.3 Å². The fourth-order valence-electron chi connectivity index (χ4n) is 4.01. The van der Waals surface area contributed by atoms with E-state index in [0.29, 0.717) is 11.3 Å². The first kappa shape index (κ1) is 22.8. The Hall–Kier alpha value is -4.33. The van der Waals surface area contributed by atoms with Crippen molar-refractivity contribution < 1.29 is 19.3 Å². The SMILES string of the molecule is CCc1ccc(C)c(NC(=O)[C@H](Cc2ccc([N+](=O)[O-])cc2)N2C(=O)c3ccccc3C2=O)c1. The summed E-state index contributed by atoms with van der Waals surface area (Å²) in [5, 5.41) is 13.9. The van der Waals surface area contributed by atoms with Gasteiger partial charge < -0.3 is 5.32 Å².